The van der Waals surface area contributed by atoms with Crippen LogP contribution < -0.4 is 73.9 Å². The first-order valence-electron chi connectivity index (χ1n) is 54.5. The topological polar surface area (TPSA) is 563 Å². The first-order chi connectivity index (χ1) is 75.3. The number of hydrogen-bond donors (Lipinski definition) is 10. The van der Waals surface area contributed by atoms with Gasteiger partial charge in [-0.3, -0.25) is 0 Å². The molecule has 150 heavy (non-hydrogen) atoms. The van der Waals surface area contributed by atoms with E-state index < -0.39 is 125 Å². The molecule has 10 heterocycles. The molecule has 49 heteroatoms. The first-order valence-corrected chi connectivity index (χ1v) is 58.0. The predicted octanol–water partition coefficient (Wildman–Crippen LogP) is 10.0. The smallest absolute Gasteiger partial charge is 0.333 e. The zero-order chi connectivity index (χ0) is 111. The summed E-state index contributed by atoms with van der Waals surface area (Å²) in [5, 5.41) is 43.1. The van der Waals surface area contributed by atoms with Gasteiger partial charge in [0.1, 0.15) is 50.6 Å². The summed E-state index contributed by atoms with van der Waals surface area (Å²) < 4.78 is 247. The molecule has 5 aromatic carbocycles. The fourth-order valence-corrected chi connectivity index (χ4v) is 28.0. The third kappa shape index (κ3) is 20.6. The Morgan fingerprint density at radius 3 is 0.820 bits per heavy atom. The van der Waals surface area contributed by atoms with Crippen molar-refractivity contribution >= 4 is 109 Å². The number of nitriles is 1. The molecule has 10 aliphatic carbocycles. The van der Waals surface area contributed by atoms with Gasteiger partial charge in [0, 0.05) is 55.5 Å². The van der Waals surface area contributed by atoms with Gasteiger partial charge < -0.3 is 64.5 Å². The number of carbonyl (C=O) groups excluding carboxylic acids is 5. The summed E-state index contributed by atoms with van der Waals surface area (Å²) in [6, 6.07) is 9.20. The molecule has 0 bridgehead atoms. The summed E-state index contributed by atoms with van der Waals surface area (Å²) in [7, 11) is -25.2. The lowest BCUT2D eigenvalue weighted by atomic mass is 9.99. The number of aromatic nitrogens is 10. The summed E-state index contributed by atoms with van der Waals surface area (Å²) in [4.78, 5) is 62.4. The number of hydrogen-bond acceptors (Lipinski definition) is 29. The van der Waals surface area contributed by atoms with Crippen LogP contribution in [0.1, 0.15) is 200 Å². The monoisotopic (exact) mass is 2160 g/mol. The lowest BCUT2D eigenvalue weighted by Gasteiger charge is -2.23. The number of anilines is 5. The fraction of sp³-hybridized carbons (Fsp3) is 0.495. The highest BCUT2D eigenvalue weighted by Crippen LogP contribution is 2.47. The van der Waals surface area contributed by atoms with Crippen molar-refractivity contribution in [1.82, 2.24) is 72.5 Å². The minimum absolute atomic E-state index is 0.0116. The highest BCUT2D eigenvalue weighted by Gasteiger charge is 2.42. The van der Waals surface area contributed by atoms with Crippen molar-refractivity contribution in [1.29, 1.82) is 5.26 Å². The van der Waals surface area contributed by atoms with Gasteiger partial charge in [-0.1, -0.05) is 37.3 Å². The Bertz CT molecular complexity index is 8010. The van der Waals surface area contributed by atoms with E-state index in [0.29, 0.717) is 24.8 Å². The Balaban J connectivity index is 0.000000114. The molecule has 0 saturated carbocycles. The number of urea groups is 5. The molecule has 0 spiro atoms. The number of amides is 10. The minimum Gasteiger partial charge on any atom is -0.476 e. The molecule has 5 aliphatic heterocycles. The second-order valence-electron chi connectivity index (χ2n) is 39.6. The SMILES string of the molecule is CCC1COc2c(S(=O)(=O)NC(=O)Nc3c4c(cc5c3CCC5)CCC4)cnn2C1.N#CC1COc2c(S(=O)(=O)NC(=O)Nc3c4c(cc5c3CCC5)CCC4)cnn2C1.[2H]C([2H])([2H])OC1([2H])COc2c(S(=O)(=O)NC(=O)Nc3c4c(cc5c3CCC5)CCC4)cnn2C1.[2H]C([2H])([2H])OC1COc2c(S(=O)(=O)NC(=O)Nc3c4c(cc5c3CCC5)CCC4)cnn2C1.[2H]C1(OC)COc2c(S(=O)(=O)NC(=O)Nc3c4c(cc5c3CCC5)CCC4)cnn2C1. The summed E-state index contributed by atoms with van der Waals surface area (Å²) >= 11 is 0. The van der Waals surface area contributed by atoms with Crippen LogP contribution in [0.4, 0.5) is 52.4 Å². The second kappa shape index (κ2) is 42.1. The Morgan fingerprint density at radius 1 is 0.333 bits per heavy atom. The number of sulfonamides is 5. The molecule has 5 aromatic heterocycles. The van der Waals surface area contributed by atoms with E-state index in [2.05, 4.69) is 114 Å². The Labute approximate surface area is 878 Å². The molecule has 10 N–H and O–H groups in total. The van der Waals surface area contributed by atoms with E-state index in [9.17, 15) is 66.1 Å². The van der Waals surface area contributed by atoms with Crippen LogP contribution in [0.25, 0.3) is 0 Å². The van der Waals surface area contributed by atoms with Crippen LogP contribution >= 0.6 is 0 Å². The van der Waals surface area contributed by atoms with Gasteiger partial charge in [-0.25, -0.2) is 113 Å². The van der Waals surface area contributed by atoms with Crippen molar-refractivity contribution in [3.05, 3.63) is 173 Å². The maximum Gasteiger partial charge on any atom is 0.333 e. The van der Waals surface area contributed by atoms with Crippen molar-refractivity contribution in [3.63, 3.8) is 0 Å². The van der Waals surface area contributed by atoms with E-state index in [4.69, 9.17) is 54.1 Å². The van der Waals surface area contributed by atoms with Crippen molar-refractivity contribution in [2.75, 3.05) is 80.8 Å². The van der Waals surface area contributed by atoms with Gasteiger partial charge in [-0.15, -0.1) is 0 Å². The highest BCUT2D eigenvalue weighted by molar-refractivity contribution is 7.91. The van der Waals surface area contributed by atoms with E-state index in [-0.39, 0.29) is 99.9 Å². The van der Waals surface area contributed by atoms with Gasteiger partial charge in [0.25, 0.3) is 50.1 Å². The summed E-state index contributed by atoms with van der Waals surface area (Å²) in [6.07, 6.45) is 31.2. The standard InChI is InChI=1S/C21H26N4O4S.C20H21N5O4S.3C20H24N4O5S/c1-2-13-11-25-20(29-12-13)18(10-22-25)30(27,28)24-21(26)23-19-16-7-3-5-14(16)9-15-6-4-8-17(15)19;21-8-12-10-25-19(29-11-12)17(9-22-25)30(27,28)24-20(26)23-18-15-5-1-3-13(15)7-14-4-2-6-16(14)18;3*1-28-14-10-24-19(29-11-14)17(9-21-24)30(26,27)23-20(25)22-18-15-6-2-4-12(15)8-13-5-3-7-16(13)18/h9-10,13H,2-8,11-12H2,1H3,(H2,23,24,26);7,9,12H,1-6,10-11H2,(H2,23,24,26);3*8-9,14H,2-7,10-11H2,1H3,(H2,22,23,25)/i;;1D3,14D;14D;1D3. The van der Waals surface area contributed by atoms with Crippen molar-refractivity contribution in [2.24, 2.45) is 11.8 Å². The van der Waals surface area contributed by atoms with Crippen LogP contribution in [-0.2, 0) is 225 Å². The molecule has 15 aliphatic rings. The maximum absolute atomic E-state index is 13.0. The zero-order valence-corrected chi connectivity index (χ0v) is 86.4. The molecule has 10 amide bonds. The maximum atomic E-state index is 13.0. The number of carbonyl (C=O) groups is 5. The van der Waals surface area contributed by atoms with Gasteiger partial charge >= 0.3 is 30.2 Å². The lowest BCUT2D eigenvalue weighted by Crippen LogP contribution is -2.36. The quantitative estimate of drug-likeness (QED) is 0.0360. The van der Waals surface area contributed by atoms with Crippen molar-refractivity contribution in [2.45, 2.75) is 281 Å². The molecule has 5 atom stereocenters. The normalized spacial score (nSPS) is 21.4. The van der Waals surface area contributed by atoms with E-state index in [1.54, 1.807) is 4.68 Å². The van der Waals surface area contributed by atoms with Gasteiger partial charge in [-0.05, 0) is 310 Å². The van der Waals surface area contributed by atoms with Crippen LogP contribution in [0.3, 0.4) is 0 Å². The molecule has 0 fully saturated rings. The van der Waals surface area contributed by atoms with Gasteiger partial charge in [-0.2, -0.15) is 30.8 Å². The lowest BCUT2D eigenvalue weighted by molar-refractivity contribution is 0.0165. The molecule has 5 unspecified atom stereocenters. The highest BCUT2D eigenvalue weighted by atomic mass is 32.2. The van der Waals surface area contributed by atoms with Crippen molar-refractivity contribution in [3.8, 4) is 35.5 Å². The van der Waals surface area contributed by atoms with Crippen LogP contribution in [0.2, 0.25) is 0 Å². The van der Waals surface area contributed by atoms with Crippen LogP contribution in [0.5, 0.6) is 29.4 Å². The molecule has 796 valence electrons. The number of benzene rings is 5. The Kier molecular flexibility index (Phi) is 26.0. The molecular formula is C101H119N21O23S5. The number of rotatable bonds is 19. The van der Waals surface area contributed by atoms with Crippen LogP contribution in [0, 0.1) is 23.2 Å². The number of ether oxygens (including phenoxy) is 8. The van der Waals surface area contributed by atoms with Gasteiger partial charge in [0.2, 0.25) is 29.4 Å². The summed E-state index contributed by atoms with van der Waals surface area (Å²) in [6.45, 7) is 2.29. The molecule has 0 radical (unpaired) electrons. The average Bonchev–Trinajstić information content (AvgIpc) is 1.60. The van der Waals surface area contributed by atoms with Gasteiger partial charge in [0.05, 0.1) is 87.4 Å². The van der Waals surface area contributed by atoms with Gasteiger partial charge in [0.15, 0.2) is 24.5 Å². The Hall–Kier alpha value is -13.4. The number of methoxy groups -OCH3 is 3. The zero-order valence-electron chi connectivity index (χ0n) is 90.3. The molecule has 25 rings (SSSR count). The Morgan fingerprint density at radius 2 is 0.567 bits per heavy atom. The summed E-state index contributed by atoms with van der Waals surface area (Å²) in [5.74, 6) is -0.134. The third-order valence-electron chi connectivity index (χ3n) is 30.2. The van der Waals surface area contributed by atoms with Crippen molar-refractivity contribution < 1.29 is 115 Å². The van der Waals surface area contributed by atoms with E-state index in [0.717, 1.165) is 307 Å². The molecule has 44 nitrogen and oxygen atoms in total. The molecule has 0 saturated heterocycles. The van der Waals surface area contributed by atoms with E-state index in [1.807, 2.05) is 4.72 Å². The number of fused-ring (bicyclic) bond motifs is 15. The first kappa shape index (κ1) is 92.7. The van der Waals surface area contributed by atoms with E-state index in [1.165, 1.54) is 83.0 Å². The number of aryl methyl sites for hydroxylation is 10. The van der Waals surface area contributed by atoms with Crippen LogP contribution in [0.15, 0.2) is 85.8 Å². The molecule has 10 aromatic rings. The average molecular weight is 2160 g/mol. The fourth-order valence-electron chi connectivity index (χ4n) is 23.1. The second-order valence-corrected chi connectivity index (χ2v) is 47.9. The summed E-state index contributed by atoms with van der Waals surface area (Å²) in [5.41, 5.74) is 27.3. The third-order valence-corrected chi connectivity index (χ3v) is 36.7. The largest absolute Gasteiger partial charge is 0.476 e. The van der Waals surface area contributed by atoms with E-state index >= 15 is 0 Å². The predicted molar refractivity (Wildman–Crippen MR) is 543 cm³/mol. The molecular weight excluding hydrogens is 2040 g/mol. The minimum atomic E-state index is -4.36. The number of nitrogens with zero attached hydrogens (tertiary/aromatic N) is 11. The number of nitrogens with one attached hydrogen (secondary N) is 10. The van der Waals surface area contributed by atoms with Crippen LogP contribution in [-0.4, -0.2) is 194 Å².